The van der Waals surface area contributed by atoms with Gasteiger partial charge in [0.1, 0.15) is 43.7 Å². The van der Waals surface area contributed by atoms with E-state index in [4.69, 9.17) is 26.1 Å². The zero-order valence-corrected chi connectivity index (χ0v) is 30.9. The second-order valence-electron chi connectivity index (χ2n) is 11.4. The molecular weight excluding hydrogens is 738 g/mol. The summed E-state index contributed by atoms with van der Waals surface area (Å²) >= 11 is 12.8. The largest absolute Gasteiger partial charge is 0.497 e. The molecule has 1 amide bonds. The number of fused-ring (bicyclic) bond motifs is 2. The number of ether oxygens (including phenoxy) is 2. The van der Waals surface area contributed by atoms with E-state index in [1.807, 2.05) is 71.5 Å². The van der Waals surface area contributed by atoms with Crippen molar-refractivity contribution in [3.63, 3.8) is 0 Å². The van der Waals surface area contributed by atoms with Gasteiger partial charge in [-0.15, -0.1) is 0 Å². The van der Waals surface area contributed by atoms with E-state index in [9.17, 15) is 4.79 Å². The van der Waals surface area contributed by atoms with Crippen molar-refractivity contribution in [3.8, 4) is 11.6 Å². The molecule has 1 fully saturated rings. The number of aryl methyl sites for hydroxylation is 4. The molecule has 10 nitrogen and oxygen atoms in total. The van der Waals surface area contributed by atoms with Gasteiger partial charge in [-0.2, -0.15) is 0 Å². The summed E-state index contributed by atoms with van der Waals surface area (Å²) in [4.78, 5) is 32.7. The van der Waals surface area contributed by atoms with Crippen LogP contribution in [0.2, 0.25) is 5.15 Å². The molecule has 1 aliphatic rings. The monoisotopic (exact) mass is 773 g/mol. The fourth-order valence-electron chi connectivity index (χ4n) is 5.92. The first-order chi connectivity index (χ1) is 21.9. The maximum Gasteiger partial charge on any atom is 0.241 e. The quantitative estimate of drug-likeness (QED) is 0.150. The van der Waals surface area contributed by atoms with Crippen LogP contribution in [0.25, 0.3) is 22.1 Å². The normalized spacial score (nSPS) is 16.1. The molecule has 4 aromatic heterocycles. The molecule has 244 valence electrons. The number of aromatic nitrogens is 6. The number of nitrogens with zero attached hydrogens (tertiary/aromatic N) is 7. The highest BCUT2D eigenvalue weighted by Crippen LogP contribution is 2.34. The Morgan fingerprint density at radius 3 is 2.07 bits per heavy atom. The summed E-state index contributed by atoms with van der Waals surface area (Å²) < 4.78 is 17.0. The van der Waals surface area contributed by atoms with Crippen LogP contribution in [0, 0.1) is 5.92 Å². The van der Waals surface area contributed by atoms with Gasteiger partial charge in [0.15, 0.2) is 5.15 Å². The van der Waals surface area contributed by atoms with E-state index >= 15 is 0 Å². The number of hydrogen-bond donors (Lipinski definition) is 0. The summed E-state index contributed by atoms with van der Waals surface area (Å²) in [6.07, 6.45) is 2.01. The number of carbonyl (C=O) groups excluding carboxylic acids is 1. The Hall–Kier alpha value is -3.22. The van der Waals surface area contributed by atoms with Crippen molar-refractivity contribution in [1.29, 1.82) is 0 Å². The average Bonchev–Trinajstić information content (AvgIpc) is 3.68. The molecule has 0 unspecified atom stereocenters. The molecule has 5 heterocycles. The Bertz CT molecular complexity index is 1880. The number of likely N-dealkylation sites (tertiary alicyclic amines) is 1. The van der Waals surface area contributed by atoms with Crippen LogP contribution < -0.4 is 9.47 Å². The number of pyridine rings is 2. The third-order valence-electron chi connectivity index (χ3n) is 8.60. The smallest absolute Gasteiger partial charge is 0.241 e. The highest BCUT2D eigenvalue weighted by Gasteiger charge is 2.37. The van der Waals surface area contributed by atoms with Gasteiger partial charge in [0.05, 0.1) is 24.2 Å². The molecule has 1 aromatic carbocycles. The van der Waals surface area contributed by atoms with Crippen molar-refractivity contribution >= 4 is 71.4 Å². The van der Waals surface area contributed by atoms with Gasteiger partial charge in [-0.05, 0) is 75.5 Å². The van der Waals surface area contributed by atoms with Gasteiger partial charge >= 0.3 is 0 Å². The summed E-state index contributed by atoms with van der Waals surface area (Å²) in [6.45, 7) is 8.88. The summed E-state index contributed by atoms with van der Waals surface area (Å²) in [5.74, 6) is 3.58. The maximum absolute atomic E-state index is 12.9. The van der Waals surface area contributed by atoms with Gasteiger partial charge in [-0.1, -0.05) is 37.6 Å². The molecule has 6 rings (SSSR count). The van der Waals surface area contributed by atoms with E-state index in [1.54, 1.807) is 7.11 Å². The van der Waals surface area contributed by atoms with Crippen molar-refractivity contribution in [1.82, 2.24) is 34.0 Å². The number of benzene rings is 1. The third-order valence-corrected chi connectivity index (χ3v) is 9.68. The van der Waals surface area contributed by atoms with Crippen molar-refractivity contribution in [2.75, 3.05) is 13.7 Å². The lowest BCUT2D eigenvalue weighted by molar-refractivity contribution is -0.129. The van der Waals surface area contributed by atoms with Crippen molar-refractivity contribution in [3.05, 3.63) is 68.0 Å². The fraction of sp³-hybridized carbons (Fsp3) is 0.424. The second kappa shape index (κ2) is 14.3. The minimum atomic E-state index is -0.169. The standard InChI is InChI=1S/C24H29BrN4O3.C9H9BrClN3/c1-6-21-26-19-12-20(25)27-24(23(19)28(21)4)32-15(3)17-11-22(30)29(13-17)14(2)16-7-9-18(31-5)10-8-16;1-3-7-12-5-4-6(10)13-9(11)8(5)14(7)2/h7-10,12,14-15,17H,6,11,13H2,1-5H3;4H,3H2,1-2H3/t14-,15-,17-;/m1./s1. The lowest BCUT2D eigenvalue weighted by Gasteiger charge is -2.26. The van der Waals surface area contributed by atoms with Crippen molar-refractivity contribution in [2.24, 2.45) is 20.0 Å². The van der Waals surface area contributed by atoms with Crippen LogP contribution in [-0.4, -0.2) is 59.6 Å². The number of amides is 1. The number of hydrogen-bond acceptors (Lipinski definition) is 7. The lowest BCUT2D eigenvalue weighted by atomic mass is 10.0. The number of halogens is 3. The van der Waals surface area contributed by atoms with Crippen LogP contribution in [0.4, 0.5) is 0 Å². The molecule has 5 aromatic rings. The SMILES string of the molecule is CCc1nc2cc(Br)nc(Cl)c2n1C.CCc1nc2cc(Br)nc(O[C@H](C)[C@@H]3CC(=O)N([C@H](C)c4ccc(OC)cc4)C3)c2n1C. The summed E-state index contributed by atoms with van der Waals surface area (Å²) in [5.41, 5.74) is 4.60. The van der Waals surface area contributed by atoms with Gasteiger partial charge in [-0.25, -0.2) is 19.9 Å². The Morgan fingerprint density at radius 1 is 0.913 bits per heavy atom. The van der Waals surface area contributed by atoms with Crippen LogP contribution in [0.15, 0.2) is 45.6 Å². The summed E-state index contributed by atoms with van der Waals surface area (Å²) in [7, 11) is 5.59. The van der Waals surface area contributed by atoms with Crippen LogP contribution >= 0.6 is 43.5 Å². The molecule has 0 N–H and O–H groups in total. The molecule has 0 aliphatic carbocycles. The number of methoxy groups -OCH3 is 1. The number of imidazole rings is 2. The average molecular weight is 776 g/mol. The van der Waals surface area contributed by atoms with Gasteiger partial charge in [-0.3, -0.25) is 4.79 Å². The molecule has 13 heteroatoms. The van der Waals surface area contributed by atoms with E-state index in [1.165, 1.54) is 0 Å². The molecule has 1 saturated heterocycles. The van der Waals surface area contributed by atoms with Crippen molar-refractivity contribution < 1.29 is 14.3 Å². The molecule has 0 bridgehead atoms. The Morgan fingerprint density at radius 2 is 1.48 bits per heavy atom. The predicted molar refractivity (Wildman–Crippen MR) is 188 cm³/mol. The number of rotatable bonds is 8. The first kappa shape index (κ1) is 34.1. The predicted octanol–water partition coefficient (Wildman–Crippen LogP) is 7.63. The molecule has 0 saturated carbocycles. The Kier molecular flexibility index (Phi) is 10.6. The second-order valence-corrected chi connectivity index (χ2v) is 13.4. The molecule has 3 atom stereocenters. The molecule has 0 spiro atoms. The van der Waals surface area contributed by atoms with Crippen molar-refractivity contribution in [2.45, 2.75) is 59.1 Å². The van der Waals surface area contributed by atoms with Crippen LogP contribution in [0.3, 0.4) is 0 Å². The van der Waals surface area contributed by atoms with Crippen LogP contribution in [0.1, 0.15) is 57.4 Å². The third kappa shape index (κ3) is 6.89. The first-order valence-electron chi connectivity index (χ1n) is 15.2. The van der Waals surface area contributed by atoms with E-state index in [-0.39, 0.29) is 24.0 Å². The highest BCUT2D eigenvalue weighted by molar-refractivity contribution is 9.10. The van der Waals surface area contributed by atoms with E-state index < -0.39 is 0 Å². The topological polar surface area (TPSA) is 100 Å². The van der Waals surface area contributed by atoms with Gasteiger partial charge < -0.3 is 23.5 Å². The molecular formula is C33H38Br2ClN7O3. The van der Waals surface area contributed by atoms with E-state index in [0.29, 0.717) is 28.6 Å². The summed E-state index contributed by atoms with van der Waals surface area (Å²) in [6, 6.07) is 11.7. The molecule has 0 radical (unpaired) electrons. The number of carbonyl (C=O) groups is 1. The van der Waals surface area contributed by atoms with Gasteiger partial charge in [0, 0.05) is 45.8 Å². The van der Waals surface area contributed by atoms with Gasteiger partial charge in [0.2, 0.25) is 11.8 Å². The minimum absolute atomic E-state index is 0.00880. The van der Waals surface area contributed by atoms with E-state index in [2.05, 4.69) is 67.6 Å². The Labute approximate surface area is 290 Å². The van der Waals surface area contributed by atoms with E-state index in [0.717, 1.165) is 62.5 Å². The lowest BCUT2D eigenvalue weighted by Crippen LogP contribution is -2.31. The van der Waals surface area contributed by atoms with Gasteiger partial charge in [0.25, 0.3) is 0 Å². The first-order valence-corrected chi connectivity index (χ1v) is 17.2. The molecule has 1 aliphatic heterocycles. The highest BCUT2D eigenvalue weighted by atomic mass is 79.9. The Balaban J connectivity index is 0.000000247. The zero-order valence-electron chi connectivity index (χ0n) is 27.0. The van der Waals surface area contributed by atoms with Crippen LogP contribution in [0.5, 0.6) is 11.6 Å². The fourth-order valence-corrected chi connectivity index (χ4v) is 7.11. The maximum atomic E-state index is 12.9. The zero-order chi connectivity index (χ0) is 33.3. The molecule has 46 heavy (non-hydrogen) atoms. The summed E-state index contributed by atoms with van der Waals surface area (Å²) in [5, 5.41) is 0.490. The van der Waals surface area contributed by atoms with Crippen LogP contribution in [-0.2, 0) is 31.7 Å². The minimum Gasteiger partial charge on any atom is -0.497 e.